The lowest BCUT2D eigenvalue weighted by Crippen LogP contribution is -2.27. The molecule has 7 heteroatoms. The first-order chi connectivity index (χ1) is 11.7. The van der Waals surface area contributed by atoms with Gasteiger partial charge in [-0.2, -0.15) is 0 Å². The van der Waals surface area contributed by atoms with Gasteiger partial charge in [0.2, 0.25) is 5.82 Å². The predicted octanol–water partition coefficient (Wildman–Crippen LogP) is 3.16. The third-order valence-electron chi connectivity index (χ3n) is 3.57. The second kappa shape index (κ2) is 7.42. The van der Waals surface area contributed by atoms with Crippen LogP contribution in [0.25, 0.3) is 11.7 Å². The maximum atomic E-state index is 6.00. The molecule has 6 nitrogen and oxygen atoms in total. The van der Waals surface area contributed by atoms with Crippen molar-refractivity contribution < 1.29 is 9.15 Å². The van der Waals surface area contributed by atoms with Crippen molar-refractivity contribution in [3.8, 4) is 11.7 Å². The Labute approximate surface area is 145 Å². The molecule has 0 atom stereocenters. The molecule has 2 aromatic heterocycles. The van der Waals surface area contributed by atoms with E-state index in [1.165, 1.54) is 6.26 Å². The van der Waals surface area contributed by atoms with Gasteiger partial charge in [0.15, 0.2) is 0 Å². The first-order valence-electron chi connectivity index (χ1n) is 7.43. The Hall–Kier alpha value is -2.44. The summed E-state index contributed by atoms with van der Waals surface area (Å²) < 4.78 is 10.9. The van der Waals surface area contributed by atoms with Crippen molar-refractivity contribution >= 4 is 11.6 Å². The summed E-state index contributed by atoms with van der Waals surface area (Å²) in [5, 5.41) is 0.394. The molecule has 0 aliphatic carbocycles. The van der Waals surface area contributed by atoms with E-state index in [9.17, 15) is 0 Å². The standard InChI is InChI=1S/C17H17ClN4O2/c1-3-14-11-22(5-7-23-15(14)12(2)18)10-13-8-20-16(21-9-13)17-19-4-6-24-17/h3-4,6,8-9H,1-2,5,7,10-11H2. The fourth-order valence-corrected chi connectivity index (χ4v) is 2.62. The van der Waals surface area contributed by atoms with Crippen molar-refractivity contribution in [3.05, 3.63) is 66.0 Å². The second-order valence-corrected chi connectivity index (χ2v) is 5.73. The Morgan fingerprint density at radius 3 is 2.75 bits per heavy atom. The highest BCUT2D eigenvalue weighted by molar-refractivity contribution is 6.31. The molecule has 24 heavy (non-hydrogen) atoms. The van der Waals surface area contributed by atoms with Crippen LogP contribution in [0.1, 0.15) is 5.56 Å². The molecule has 0 unspecified atom stereocenters. The van der Waals surface area contributed by atoms with Gasteiger partial charge in [-0.25, -0.2) is 15.0 Å². The monoisotopic (exact) mass is 344 g/mol. The number of nitrogens with zero attached hydrogens (tertiary/aromatic N) is 4. The van der Waals surface area contributed by atoms with Crippen molar-refractivity contribution in [2.24, 2.45) is 0 Å². The average Bonchev–Trinajstić information content (AvgIpc) is 3.03. The molecule has 0 radical (unpaired) electrons. The summed E-state index contributed by atoms with van der Waals surface area (Å²) in [6.45, 7) is 10.2. The molecule has 2 aromatic rings. The normalized spacial score (nSPS) is 15.7. The summed E-state index contributed by atoms with van der Waals surface area (Å²) >= 11 is 6.00. The summed E-state index contributed by atoms with van der Waals surface area (Å²) in [5.74, 6) is 1.49. The smallest absolute Gasteiger partial charge is 0.264 e. The number of hydrogen-bond donors (Lipinski definition) is 0. The zero-order valence-electron chi connectivity index (χ0n) is 13.1. The minimum atomic E-state index is 0.394. The van der Waals surface area contributed by atoms with E-state index in [4.69, 9.17) is 20.8 Å². The lowest BCUT2D eigenvalue weighted by atomic mass is 10.2. The lowest BCUT2D eigenvalue weighted by molar-refractivity contribution is 0.185. The molecule has 0 saturated heterocycles. The number of allylic oxidation sites excluding steroid dienone is 1. The Bertz CT molecular complexity index is 753. The Morgan fingerprint density at radius 1 is 1.33 bits per heavy atom. The fourth-order valence-electron chi connectivity index (χ4n) is 2.44. The highest BCUT2D eigenvalue weighted by atomic mass is 35.5. The summed E-state index contributed by atoms with van der Waals surface area (Å²) in [5.41, 5.74) is 1.91. The van der Waals surface area contributed by atoms with Gasteiger partial charge >= 0.3 is 0 Å². The first kappa shape index (κ1) is 16.4. The van der Waals surface area contributed by atoms with E-state index in [-0.39, 0.29) is 0 Å². The predicted molar refractivity (Wildman–Crippen MR) is 91.0 cm³/mol. The second-order valence-electron chi connectivity index (χ2n) is 5.27. The molecule has 0 amide bonds. The van der Waals surface area contributed by atoms with Crippen molar-refractivity contribution in [2.75, 3.05) is 19.7 Å². The summed E-state index contributed by atoms with van der Waals surface area (Å²) in [4.78, 5) is 14.8. The molecular formula is C17H17ClN4O2. The molecule has 3 rings (SSSR count). The van der Waals surface area contributed by atoms with Crippen LogP contribution in [0, 0.1) is 0 Å². The average molecular weight is 345 g/mol. The first-order valence-corrected chi connectivity index (χ1v) is 7.81. The number of ether oxygens (including phenoxy) is 1. The van der Waals surface area contributed by atoms with Crippen LogP contribution in [-0.2, 0) is 11.3 Å². The highest BCUT2D eigenvalue weighted by Gasteiger charge is 2.18. The lowest BCUT2D eigenvalue weighted by Gasteiger charge is -2.19. The molecule has 3 heterocycles. The van der Waals surface area contributed by atoms with E-state index in [0.29, 0.717) is 42.2 Å². The fraction of sp³-hybridized carbons (Fsp3) is 0.235. The van der Waals surface area contributed by atoms with Gasteiger partial charge in [0.25, 0.3) is 5.89 Å². The van der Waals surface area contributed by atoms with Crippen molar-refractivity contribution in [1.29, 1.82) is 0 Å². The van der Waals surface area contributed by atoms with Crippen LogP contribution >= 0.6 is 11.6 Å². The molecule has 0 N–H and O–H groups in total. The molecule has 0 fully saturated rings. The summed E-state index contributed by atoms with van der Waals surface area (Å²) in [6.07, 6.45) is 8.36. The number of rotatable bonds is 5. The molecule has 124 valence electrons. The minimum Gasteiger partial charge on any atom is -0.490 e. The van der Waals surface area contributed by atoms with Gasteiger partial charge in [-0.15, -0.1) is 0 Å². The van der Waals surface area contributed by atoms with Crippen LogP contribution in [0.5, 0.6) is 0 Å². The Balaban J connectivity index is 1.71. The van der Waals surface area contributed by atoms with Gasteiger partial charge in [-0.1, -0.05) is 30.8 Å². The minimum absolute atomic E-state index is 0.394. The Morgan fingerprint density at radius 2 is 2.12 bits per heavy atom. The Kier molecular flexibility index (Phi) is 5.08. The van der Waals surface area contributed by atoms with Gasteiger partial charge in [0, 0.05) is 43.2 Å². The molecule has 0 bridgehead atoms. The van der Waals surface area contributed by atoms with Gasteiger partial charge in [-0.3, -0.25) is 4.90 Å². The van der Waals surface area contributed by atoms with Crippen LogP contribution in [-0.4, -0.2) is 39.5 Å². The molecule has 1 aliphatic rings. The molecular weight excluding hydrogens is 328 g/mol. The topological polar surface area (TPSA) is 64.3 Å². The number of oxazole rings is 1. The van der Waals surface area contributed by atoms with Gasteiger partial charge in [0.05, 0.1) is 11.2 Å². The summed E-state index contributed by atoms with van der Waals surface area (Å²) in [7, 11) is 0. The van der Waals surface area contributed by atoms with Crippen molar-refractivity contribution in [2.45, 2.75) is 6.54 Å². The maximum Gasteiger partial charge on any atom is 0.264 e. The third kappa shape index (κ3) is 3.72. The highest BCUT2D eigenvalue weighted by Crippen LogP contribution is 2.23. The largest absolute Gasteiger partial charge is 0.490 e. The summed E-state index contributed by atoms with van der Waals surface area (Å²) in [6, 6.07) is 0. The third-order valence-corrected chi connectivity index (χ3v) is 3.74. The van der Waals surface area contributed by atoms with Crippen molar-refractivity contribution in [1.82, 2.24) is 19.9 Å². The van der Waals surface area contributed by atoms with E-state index in [1.54, 1.807) is 24.7 Å². The molecule has 0 spiro atoms. The zero-order chi connectivity index (χ0) is 16.9. The molecule has 0 saturated carbocycles. The quantitative estimate of drug-likeness (QED) is 0.830. The van der Waals surface area contributed by atoms with E-state index in [2.05, 4.69) is 33.0 Å². The van der Waals surface area contributed by atoms with E-state index in [1.807, 2.05) is 0 Å². The van der Waals surface area contributed by atoms with Crippen LogP contribution in [0.15, 0.2) is 64.9 Å². The van der Waals surface area contributed by atoms with Crippen LogP contribution in [0.4, 0.5) is 0 Å². The number of aromatic nitrogens is 3. The molecule has 0 aromatic carbocycles. The zero-order valence-corrected chi connectivity index (χ0v) is 13.9. The number of halogens is 1. The van der Waals surface area contributed by atoms with Crippen LogP contribution < -0.4 is 0 Å². The van der Waals surface area contributed by atoms with E-state index < -0.39 is 0 Å². The van der Waals surface area contributed by atoms with Gasteiger partial charge < -0.3 is 9.15 Å². The van der Waals surface area contributed by atoms with Gasteiger partial charge in [-0.05, 0) is 0 Å². The number of hydrogen-bond acceptors (Lipinski definition) is 6. The van der Waals surface area contributed by atoms with Crippen LogP contribution in [0.3, 0.4) is 0 Å². The SMILES string of the molecule is C=CC1=C(C(=C)Cl)OCCN(Cc2cnc(-c3ncco3)nc2)C1. The molecule has 1 aliphatic heterocycles. The maximum absolute atomic E-state index is 6.00. The van der Waals surface area contributed by atoms with Crippen molar-refractivity contribution in [3.63, 3.8) is 0 Å². The van der Waals surface area contributed by atoms with E-state index in [0.717, 1.165) is 17.7 Å². The van der Waals surface area contributed by atoms with Crippen LogP contribution in [0.2, 0.25) is 0 Å². The van der Waals surface area contributed by atoms with Gasteiger partial charge in [0.1, 0.15) is 18.6 Å². The van der Waals surface area contributed by atoms with E-state index >= 15 is 0 Å².